The molecular weight excluding hydrogens is 362 g/mol. The number of carbonyl (C=O) groups is 4. The van der Waals surface area contributed by atoms with Crippen molar-refractivity contribution in [1.82, 2.24) is 15.2 Å². The van der Waals surface area contributed by atoms with Gasteiger partial charge in [0.2, 0.25) is 11.8 Å². The van der Waals surface area contributed by atoms with Gasteiger partial charge in [-0.1, -0.05) is 12.1 Å². The van der Waals surface area contributed by atoms with E-state index in [0.717, 1.165) is 4.90 Å². The summed E-state index contributed by atoms with van der Waals surface area (Å²) in [7, 11) is 0. The summed E-state index contributed by atoms with van der Waals surface area (Å²) >= 11 is 0. The molecule has 1 fully saturated rings. The number of nitrogens with zero attached hydrogens (tertiary/aromatic N) is 2. The third kappa shape index (κ3) is 2.96. The number of rotatable bonds is 4. The predicted octanol–water partition coefficient (Wildman–Crippen LogP) is 0.677. The van der Waals surface area contributed by atoms with Gasteiger partial charge in [0, 0.05) is 30.9 Å². The van der Waals surface area contributed by atoms with Crippen molar-refractivity contribution in [2.75, 3.05) is 11.1 Å². The normalized spacial score (nSPS) is 18.9. The van der Waals surface area contributed by atoms with Gasteiger partial charge in [0.1, 0.15) is 11.9 Å². The topological polar surface area (TPSA) is 134 Å². The maximum Gasteiger partial charge on any atom is 0.262 e. The molecule has 4 amide bonds. The maximum absolute atomic E-state index is 13.0. The largest absolute Gasteiger partial charge is 0.399 e. The summed E-state index contributed by atoms with van der Waals surface area (Å²) in [5.74, 6) is -1.56. The van der Waals surface area contributed by atoms with Crippen molar-refractivity contribution < 1.29 is 19.2 Å². The smallest absolute Gasteiger partial charge is 0.262 e. The summed E-state index contributed by atoms with van der Waals surface area (Å²) in [5, 5.41) is 5.26. The molecule has 0 bridgehead atoms. The Bertz CT molecular complexity index is 1020. The highest BCUT2D eigenvalue weighted by Gasteiger charge is 2.45. The number of hydrogen-bond donors (Lipinski definition) is 3. The Morgan fingerprint density at radius 1 is 1.18 bits per heavy atom. The third-order valence-electron chi connectivity index (χ3n) is 4.80. The minimum atomic E-state index is -0.985. The molecule has 2 aliphatic heterocycles. The van der Waals surface area contributed by atoms with Crippen LogP contribution >= 0.6 is 0 Å². The van der Waals surface area contributed by atoms with E-state index >= 15 is 0 Å². The number of fused-ring (bicyclic) bond motifs is 1. The first-order valence-electron chi connectivity index (χ1n) is 8.74. The molecule has 0 radical (unpaired) electrons. The van der Waals surface area contributed by atoms with E-state index in [2.05, 4.69) is 15.6 Å². The summed E-state index contributed by atoms with van der Waals surface area (Å²) in [5.41, 5.74) is 7.39. The van der Waals surface area contributed by atoms with Gasteiger partial charge < -0.3 is 11.1 Å². The summed E-state index contributed by atoms with van der Waals surface area (Å²) in [6.07, 6.45) is 1.77. The number of hydrogen-bond acceptors (Lipinski definition) is 7. The molecule has 4 N–H and O–H groups in total. The molecule has 1 aromatic carbocycles. The van der Waals surface area contributed by atoms with Gasteiger partial charge in [0.25, 0.3) is 11.8 Å². The van der Waals surface area contributed by atoms with Crippen LogP contribution in [0.25, 0.3) is 0 Å². The summed E-state index contributed by atoms with van der Waals surface area (Å²) in [6, 6.07) is 7.31. The van der Waals surface area contributed by atoms with Gasteiger partial charge in [-0.3, -0.25) is 29.4 Å². The number of pyridine rings is 1. The highest BCUT2D eigenvalue weighted by atomic mass is 16.2. The Morgan fingerprint density at radius 3 is 2.75 bits per heavy atom. The van der Waals surface area contributed by atoms with Crippen LogP contribution in [0.4, 0.5) is 11.5 Å². The van der Waals surface area contributed by atoms with Gasteiger partial charge in [-0.25, -0.2) is 4.98 Å². The first-order chi connectivity index (χ1) is 13.5. The fourth-order valence-corrected chi connectivity index (χ4v) is 3.46. The van der Waals surface area contributed by atoms with Crippen LogP contribution in [-0.2, 0) is 16.1 Å². The van der Waals surface area contributed by atoms with Gasteiger partial charge in [-0.05, 0) is 24.1 Å². The predicted molar refractivity (Wildman–Crippen MR) is 99.1 cm³/mol. The Morgan fingerprint density at radius 2 is 2.00 bits per heavy atom. The SMILES string of the molecule is Nc1ccnc(NCc2cccc3c2C(=O)N(C2CCC(=O)NC2=O)C3=O)c1. The first kappa shape index (κ1) is 17.7. The highest BCUT2D eigenvalue weighted by molar-refractivity contribution is 6.24. The van der Waals surface area contributed by atoms with Gasteiger partial charge in [-0.15, -0.1) is 0 Å². The fraction of sp³-hybridized carbons (Fsp3) is 0.211. The molecule has 1 unspecified atom stereocenters. The highest BCUT2D eigenvalue weighted by Crippen LogP contribution is 2.30. The Kier molecular flexibility index (Phi) is 4.26. The molecule has 28 heavy (non-hydrogen) atoms. The summed E-state index contributed by atoms with van der Waals surface area (Å²) in [6.45, 7) is 0.252. The molecule has 0 saturated carbocycles. The van der Waals surface area contributed by atoms with Crippen LogP contribution in [0.3, 0.4) is 0 Å². The molecule has 142 valence electrons. The van der Waals surface area contributed by atoms with Gasteiger partial charge >= 0.3 is 0 Å². The number of aromatic nitrogens is 1. The quantitative estimate of drug-likeness (QED) is 0.665. The van der Waals surface area contributed by atoms with E-state index in [1.807, 2.05) is 0 Å². The molecule has 2 aliphatic rings. The zero-order chi connectivity index (χ0) is 19.8. The molecular formula is C19H17N5O4. The second-order valence-corrected chi connectivity index (χ2v) is 6.61. The van der Waals surface area contributed by atoms with E-state index in [-0.39, 0.29) is 30.5 Å². The Balaban J connectivity index is 1.61. The van der Waals surface area contributed by atoms with E-state index in [1.54, 1.807) is 36.5 Å². The summed E-state index contributed by atoms with van der Waals surface area (Å²) in [4.78, 5) is 54.4. The second kappa shape index (κ2) is 6.76. The fourth-order valence-electron chi connectivity index (χ4n) is 3.46. The molecule has 1 saturated heterocycles. The van der Waals surface area contributed by atoms with E-state index in [4.69, 9.17) is 5.73 Å². The molecule has 1 atom stereocenters. The van der Waals surface area contributed by atoms with Crippen molar-refractivity contribution in [3.63, 3.8) is 0 Å². The van der Waals surface area contributed by atoms with Crippen LogP contribution in [0.1, 0.15) is 39.1 Å². The molecule has 3 heterocycles. The molecule has 9 nitrogen and oxygen atoms in total. The van der Waals surface area contributed by atoms with Crippen molar-refractivity contribution in [3.05, 3.63) is 53.2 Å². The average Bonchev–Trinajstić information content (AvgIpc) is 2.92. The average molecular weight is 379 g/mol. The van der Waals surface area contributed by atoms with Crippen LogP contribution in [0, 0.1) is 0 Å². The van der Waals surface area contributed by atoms with Crippen LogP contribution in [0.2, 0.25) is 0 Å². The lowest BCUT2D eigenvalue weighted by Crippen LogP contribution is -2.54. The minimum Gasteiger partial charge on any atom is -0.399 e. The lowest BCUT2D eigenvalue weighted by molar-refractivity contribution is -0.136. The molecule has 9 heteroatoms. The number of benzene rings is 1. The Labute approximate surface area is 159 Å². The zero-order valence-corrected chi connectivity index (χ0v) is 14.8. The Hall–Kier alpha value is -3.75. The summed E-state index contributed by atoms with van der Waals surface area (Å²) < 4.78 is 0. The minimum absolute atomic E-state index is 0.0827. The number of nitrogens with one attached hydrogen (secondary N) is 2. The van der Waals surface area contributed by atoms with Gasteiger partial charge in [0.15, 0.2) is 0 Å². The third-order valence-corrected chi connectivity index (χ3v) is 4.80. The molecule has 4 rings (SSSR count). The van der Waals surface area contributed by atoms with Crippen LogP contribution in [-0.4, -0.2) is 39.6 Å². The second-order valence-electron chi connectivity index (χ2n) is 6.61. The van der Waals surface area contributed by atoms with Crippen molar-refractivity contribution in [3.8, 4) is 0 Å². The van der Waals surface area contributed by atoms with E-state index < -0.39 is 29.7 Å². The monoisotopic (exact) mass is 379 g/mol. The number of piperidine rings is 1. The van der Waals surface area contributed by atoms with E-state index in [9.17, 15) is 19.2 Å². The van der Waals surface area contributed by atoms with Crippen molar-refractivity contribution >= 4 is 35.1 Å². The number of nitrogen functional groups attached to an aromatic ring is 1. The lowest BCUT2D eigenvalue weighted by atomic mass is 10.0. The van der Waals surface area contributed by atoms with Gasteiger partial charge in [-0.2, -0.15) is 0 Å². The van der Waals surface area contributed by atoms with Crippen molar-refractivity contribution in [1.29, 1.82) is 0 Å². The number of carbonyl (C=O) groups excluding carboxylic acids is 4. The van der Waals surface area contributed by atoms with Crippen LogP contribution in [0.15, 0.2) is 36.5 Å². The molecule has 0 spiro atoms. The number of anilines is 2. The maximum atomic E-state index is 13.0. The standard InChI is InChI=1S/C19H17N5O4/c20-11-6-7-21-14(8-11)22-9-10-2-1-3-12-16(10)19(28)24(18(12)27)13-4-5-15(25)23-17(13)26/h1-3,6-8,13H,4-5,9H2,(H3,20,21,22)(H,23,25,26). The van der Waals surface area contributed by atoms with Crippen LogP contribution in [0.5, 0.6) is 0 Å². The molecule has 0 aliphatic carbocycles. The number of amides is 4. The lowest BCUT2D eigenvalue weighted by Gasteiger charge is -2.27. The first-order valence-corrected chi connectivity index (χ1v) is 8.74. The van der Waals surface area contributed by atoms with Gasteiger partial charge in [0.05, 0.1) is 11.1 Å². The van der Waals surface area contributed by atoms with E-state index in [1.165, 1.54) is 0 Å². The van der Waals surface area contributed by atoms with Crippen molar-refractivity contribution in [2.24, 2.45) is 0 Å². The number of imide groups is 2. The van der Waals surface area contributed by atoms with Crippen LogP contribution < -0.4 is 16.4 Å². The van der Waals surface area contributed by atoms with Crippen molar-refractivity contribution in [2.45, 2.75) is 25.4 Å². The van der Waals surface area contributed by atoms with E-state index in [0.29, 0.717) is 17.1 Å². The zero-order valence-electron chi connectivity index (χ0n) is 14.8. The molecule has 2 aromatic rings. The molecule has 1 aromatic heterocycles. The number of nitrogens with two attached hydrogens (primary N) is 1.